The average Bonchev–Trinajstić information content (AvgIpc) is 3.66. The number of aromatic nitrogens is 1. The second kappa shape index (κ2) is 8.39. The molecule has 7 rings (SSSR count). The minimum absolute atomic E-state index is 0.143. The zero-order valence-electron chi connectivity index (χ0n) is 19.8. The summed E-state index contributed by atoms with van der Waals surface area (Å²) in [6, 6.07) is 21.6. The lowest BCUT2D eigenvalue weighted by atomic mass is 9.64. The molecule has 2 fully saturated rings. The molecule has 0 saturated heterocycles. The van der Waals surface area contributed by atoms with Crippen LogP contribution in [-0.4, -0.2) is 20.9 Å². The van der Waals surface area contributed by atoms with Crippen molar-refractivity contribution in [3.8, 4) is 0 Å². The number of carboxylic acids is 1. The summed E-state index contributed by atoms with van der Waals surface area (Å²) < 4.78 is 1.59. The van der Waals surface area contributed by atoms with Crippen LogP contribution in [0, 0.1) is 0 Å². The van der Waals surface area contributed by atoms with Crippen LogP contribution in [0.15, 0.2) is 76.6 Å². The van der Waals surface area contributed by atoms with E-state index in [0.717, 1.165) is 34.6 Å². The van der Waals surface area contributed by atoms with E-state index in [0.29, 0.717) is 28.8 Å². The molecule has 0 radical (unpaired) electrons. The highest BCUT2D eigenvalue weighted by Gasteiger charge is 2.67. The van der Waals surface area contributed by atoms with E-state index in [1.165, 1.54) is 28.1 Å². The fraction of sp³-hybridized carbons (Fsp3) is 0.267. The predicted molar refractivity (Wildman–Crippen MR) is 149 cm³/mol. The van der Waals surface area contributed by atoms with Gasteiger partial charge in [-0.1, -0.05) is 71.7 Å². The first kappa shape index (κ1) is 23.4. The number of fused-ring (bicyclic) bond motifs is 4. The molecule has 3 atom stereocenters. The summed E-state index contributed by atoms with van der Waals surface area (Å²) in [5.41, 5.74) is 2.59. The number of nitrogens with zero attached hydrogens (tertiary/aromatic N) is 1. The van der Waals surface area contributed by atoms with Crippen LogP contribution in [0.25, 0.3) is 10.8 Å². The van der Waals surface area contributed by atoms with Gasteiger partial charge < -0.3 is 5.11 Å². The Morgan fingerprint density at radius 2 is 1.68 bits per heavy atom. The number of benzene rings is 3. The molecule has 0 spiro atoms. The van der Waals surface area contributed by atoms with Crippen LogP contribution in [0.1, 0.15) is 53.4 Å². The van der Waals surface area contributed by atoms with E-state index < -0.39 is 11.5 Å². The summed E-state index contributed by atoms with van der Waals surface area (Å²) >= 11 is 14.6. The minimum atomic E-state index is -1.29. The molecule has 2 saturated carbocycles. The first-order valence-corrected chi connectivity index (χ1v) is 14.1. The van der Waals surface area contributed by atoms with Gasteiger partial charge in [0, 0.05) is 22.0 Å². The summed E-state index contributed by atoms with van der Waals surface area (Å²) in [6.45, 7) is 0. The highest BCUT2D eigenvalue weighted by atomic mass is 35.5. The molecule has 2 unspecified atom stereocenters. The second-order valence-corrected chi connectivity index (χ2v) is 12.3. The van der Waals surface area contributed by atoms with Gasteiger partial charge in [0.05, 0.1) is 10.3 Å². The molecule has 2 heterocycles. The highest BCUT2D eigenvalue weighted by molar-refractivity contribution is 8.00. The number of carbonyl (C=O) groups is 1. The fourth-order valence-corrected chi connectivity index (χ4v) is 9.02. The molecule has 1 aliphatic heterocycles. The molecule has 0 amide bonds. The Bertz CT molecular complexity index is 1650. The van der Waals surface area contributed by atoms with Gasteiger partial charge in [0.1, 0.15) is 0 Å². The molecule has 1 N–H and O–H groups in total. The van der Waals surface area contributed by atoms with Gasteiger partial charge in [0.2, 0.25) is 0 Å². The van der Waals surface area contributed by atoms with Gasteiger partial charge in [-0.2, -0.15) is 0 Å². The summed E-state index contributed by atoms with van der Waals surface area (Å²) in [5, 5.41) is 14.4. The van der Waals surface area contributed by atoms with Gasteiger partial charge in [-0.25, -0.2) is 4.79 Å². The molecule has 37 heavy (non-hydrogen) atoms. The third kappa shape index (κ3) is 3.37. The van der Waals surface area contributed by atoms with E-state index in [1.807, 2.05) is 12.1 Å². The Hall–Kier alpha value is -2.73. The normalized spacial score (nSPS) is 23.9. The van der Waals surface area contributed by atoms with Gasteiger partial charge in [-0.05, 0) is 76.8 Å². The van der Waals surface area contributed by atoms with Crippen LogP contribution in [0.4, 0.5) is 0 Å². The molecule has 4 nitrogen and oxygen atoms in total. The highest BCUT2D eigenvalue weighted by Crippen LogP contribution is 2.65. The number of aliphatic carboxylic acids is 1. The number of hydrogen-bond acceptors (Lipinski definition) is 3. The van der Waals surface area contributed by atoms with Crippen LogP contribution < -0.4 is 5.56 Å². The smallest absolute Gasteiger partial charge is 0.331 e. The first-order valence-electron chi connectivity index (χ1n) is 12.5. The summed E-state index contributed by atoms with van der Waals surface area (Å²) in [4.78, 5) is 26.5. The standard InChI is InChI=1S/C30H23Cl2NO3S/c31-22-9-4-10-23(32)26(22)21-15-30(29(35)36)27(21)37-28-25(17-11-12-17)19(14-24(34)33(28)30)13-18-7-3-6-16-5-1-2-8-20(16)18/h1-10,14,17,21,27H,11-13,15H2,(H,35,36)/t21-,27?,30?/m0/s1. The minimum Gasteiger partial charge on any atom is -0.479 e. The molecular formula is C30H23Cl2NO3S. The van der Waals surface area contributed by atoms with Gasteiger partial charge in [-0.3, -0.25) is 9.36 Å². The Kier molecular flexibility index (Phi) is 5.30. The molecule has 1 aromatic heterocycles. The molecular weight excluding hydrogens is 525 g/mol. The fourth-order valence-electron chi connectivity index (χ4n) is 6.42. The lowest BCUT2D eigenvalue weighted by Gasteiger charge is -2.48. The first-order chi connectivity index (χ1) is 17.9. The monoisotopic (exact) mass is 547 g/mol. The van der Waals surface area contributed by atoms with E-state index >= 15 is 0 Å². The van der Waals surface area contributed by atoms with Crippen LogP contribution in [0.2, 0.25) is 10.0 Å². The zero-order chi connectivity index (χ0) is 25.5. The average molecular weight is 548 g/mol. The number of halogens is 2. The van der Waals surface area contributed by atoms with Crippen LogP contribution in [0.5, 0.6) is 0 Å². The van der Waals surface area contributed by atoms with Gasteiger partial charge >= 0.3 is 5.97 Å². The van der Waals surface area contributed by atoms with Crippen molar-refractivity contribution in [3.63, 3.8) is 0 Å². The largest absolute Gasteiger partial charge is 0.479 e. The predicted octanol–water partition coefficient (Wildman–Crippen LogP) is 7.22. The molecule has 3 aliphatic rings. The Morgan fingerprint density at radius 1 is 0.973 bits per heavy atom. The lowest BCUT2D eigenvalue weighted by Crippen LogP contribution is -2.61. The van der Waals surface area contributed by atoms with E-state index in [2.05, 4.69) is 30.3 Å². The maximum absolute atomic E-state index is 13.7. The van der Waals surface area contributed by atoms with E-state index in [4.69, 9.17) is 23.2 Å². The summed E-state index contributed by atoms with van der Waals surface area (Å²) in [5.74, 6) is -0.756. The number of pyridine rings is 1. The maximum Gasteiger partial charge on any atom is 0.331 e. The van der Waals surface area contributed by atoms with Crippen molar-refractivity contribution in [1.82, 2.24) is 4.57 Å². The number of carboxylic acid groups (broad SMARTS) is 1. The van der Waals surface area contributed by atoms with Crippen molar-refractivity contribution >= 4 is 51.7 Å². The van der Waals surface area contributed by atoms with Crippen molar-refractivity contribution in [2.75, 3.05) is 0 Å². The Labute approximate surface area is 228 Å². The molecule has 0 bridgehead atoms. The molecule has 7 heteroatoms. The number of hydrogen-bond donors (Lipinski definition) is 1. The van der Waals surface area contributed by atoms with Crippen LogP contribution in [-0.2, 0) is 16.8 Å². The Morgan fingerprint density at radius 3 is 2.41 bits per heavy atom. The van der Waals surface area contributed by atoms with Crippen molar-refractivity contribution < 1.29 is 9.90 Å². The van der Waals surface area contributed by atoms with Crippen LogP contribution >= 0.6 is 35.0 Å². The lowest BCUT2D eigenvalue weighted by molar-refractivity contribution is -0.153. The van der Waals surface area contributed by atoms with Gasteiger partial charge in [-0.15, -0.1) is 11.8 Å². The zero-order valence-corrected chi connectivity index (χ0v) is 22.1. The topological polar surface area (TPSA) is 59.3 Å². The van der Waals surface area contributed by atoms with Crippen LogP contribution in [0.3, 0.4) is 0 Å². The number of thioether (sulfide) groups is 1. The molecule has 2 aliphatic carbocycles. The molecule has 4 aromatic rings. The van der Waals surface area contributed by atoms with Gasteiger partial charge in [0.15, 0.2) is 5.54 Å². The quantitative estimate of drug-likeness (QED) is 0.286. The van der Waals surface area contributed by atoms with Crippen molar-refractivity contribution in [1.29, 1.82) is 0 Å². The SMILES string of the molecule is O=C(O)C12C[C@@H](c3c(Cl)cccc3Cl)C1Sc1c(C3CC3)c(Cc3cccc4ccccc34)cc(=O)n12. The number of rotatable bonds is 5. The van der Waals surface area contributed by atoms with E-state index in [-0.39, 0.29) is 16.7 Å². The summed E-state index contributed by atoms with van der Waals surface area (Å²) in [6.07, 6.45) is 3.04. The van der Waals surface area contributed by atoms with Crippen molar-refractivity contribution in [3.05, 3.63) is 109 Å². The van der Waals surface area contributed by atoms with E-state index in [1.54, 1.807) is 28.8 Å². The van der Waals surface area contributed by atoms with Crippen molar-refractivity contribution in [2.45, 2.75) is 53.3 Å². The molecule has 186 valence electrons. The Balaban J connectivity index is 1.37. The van der Waals surface area contributed by atoms with Gasteiger partial charge in [0.25, 0.3) is 5.56 Å². The third-order valence-electron chi connectivity index (χ3n) is 8.29. The summed E-state index contributed by atoms with van der Waals surface area (Å²) in [7, 11) is 0. The maximum atomic E-state index is 13.7. The third-order valence-corrected chi connectivity index (χ3v) is 10.5. The van der Waals surface area contributed by atoms with Crippen molar-refractivity contribution in [2.24, 2.45) is 0 Å². The second-order valence-electron chi connectivity index (χ2n) is 10.4. The molecule has 3 aromatic carbocycles. The van der Waals surface area contributed by atoms with E-state index in [9.17, 15) is 14.7 Å².